The highest BCUT2D eigenvalue weighted by atomic mass is 16.5. The molecule has 1 aliphatic heterocycles. The summed E-state index contributed by atoms with van der Waals surface area (Å²) in [6, 6.07) is 23.3. The van der Waals surface area contributed by atoms with Crippen molar-refractivity contribution in [1.29, 1.82) is 0 Å². The smallest absolute Gasteiger partial charge is 0.257 e. The summed E-state index contributed by atoms with van der Waals surface area (Å²) in [4.78, 5) is 15.5. The molecule has 3 aromatic rings. The maximum Gasteiger partial charge on any atom is 0.257 e. The summed E-state index contributed by atoms with van der Waals surface area (Å²) in [6.07, 6.45) is 0.573. The first kappa shape index (κ1) is 24.3. The third-order valence-electron chi connectivity index (χ3n) is 6.09. The Balaban J connectivity index is 1.61. The average Bonchev–Trinajstić information content (AvgIpc) is 3.34. The van der Waals surface area contributed by atoms with Crippen LogP contribution in [0.4, 0.5) is 0 Å². The van der Waals surface area contributed by atoms with Gasteiger partial charge in [0.15, 0.2) is 0 Å². The van der Waals surface area contributed by atoms with E-state index in [1.165, 1.54) is 0 Å². The molecular weight excluding hydrogens is 442 g/mol. The van der Waals surface area contributed by atoms with E-state index in [0.717, 1.165) is 28.2 Å². The predicted molar refractivity (Wildman–Crippen MR) is 136 cm³/mol. The molecule has 182 valence electrons. The van der Waals surface area contributed by atoms with Crippen LogP contribution in [0.5, 0.6) is 17.2 Å². The van der Waals surface area contributed by atoms with Crippen LogP contribution in [-0.4, -0.2) is 56.4 Å². The van der Waals surface area contributed by atoms with Gasteiger partial charge in [-0.1, -0.05) is 42.5 Å². The quantitative estimate of drug-likeness (QED) is 0.457. The largest absolute Gasteiger partial charge is 0.497 e. The minimum Gasteiger partial charge on any atom is -0.497 e. The van der Waals surface area contributed by atoms with Crippen LogP contribution in [0.1, 0.15) is 29.2 Å². The molecule has 0 aromatic heterocycles. The zero-order valence-electron chi connectivity index (χ0n) is 20.6. The number of carbonyl (C=O) groups is 1. The Labute approximate surface area is 206 Å². The highest BCUT2D eigenvalue weighted by Gasteiger charge is 2.34. The molecular formula is C28H31N3O4. The molecule has 0 bridgehead atoms. The fourth-order valence-corrected chi connectivity index (χ4v) is 4.28. The molecule has 7 heteroatoms. The van der Waals surface area contributed by atoms with E-state index in [4.69, 9.17) is 19.3 Å². The second-order valence-electron chi connectivity index (χ2n) is 8.50. The Kier molecular flexibility index (Phi) is 7.67. The number of carbonyl (C=O) groups excluding carboxylic acids is 1. The first-order chi connectivity index (χ1) is 17.0. The highest BCUT2D eigenvalue weighted by Crippen LogP contribution is 2.36. The molecule has 0 saturated heterocycles. The lowest BCUT2D eigenvalue weighted by molar-refractivity contribution is -0.134. The lowest BCUT2D eigenvalue weighted by atomic mass is 9.97. The van der Waals surface area contributed by atoms with E-state index in [1.807, 2.05) is 72.6 Å². The standard InChI is InChI=1S/C28H31N3O4/c1-30(18-20-8-6-5-7-9-20)19-28(32)31-26(21-10-12-22(33-2)13-11-21)17-25(29-31)24-15-14-23(34-3)16-27(24)35-4/h5-16,26H,17-19H2,1-4H3/t26-/m1/s1. The third-order valence-corrected chi connectivity index (χ3v) is 6.09. The van der Waals surface area contributed by atoms with Crippen LogP contribution >= 0.6 is 0 Å². The van der Waals surface area contributed by atoms with Gasteiger partial charge in [-0.05, 0) is 42.4 Å². The van der Waals surface area contributed by atoms with Crippen molar-refractivity contribution in [2.75, 3.05) is 34.9 Å². The van der Waals surface area contributed by atoms with Gasteiger partial charge < -0.3 is 14.2 Å². The molecule has 0 saturated carbocycles. The molecule has 1 aliphatic rings. The van der Waals surface area contributed by atoms with Crippen molar-refractivity contribution >= 4 is 11.6 Å². The minimum atomic E-state index is -0.222. The maximum atomic E-state index is 13.5. The summed E-state index contributed by atoms with van der Waals surface area (Å²) in [6.45, 7) is 0.925. The Morgan fingerprint density at radius 3 is 2.29 bits per heavy atom. The number of likely N-dealkylation sites (N-methyl/N-ethyl adjacent to an activating group) is 1. The highest BCUT2D eigenvalue weighted by molar-refractivity contribution is 6.05. The number of hydrogen-bond acceptors (Lipinski definition) is 6. The van der Waals surface area contributed by atoms with Gasteiger partial charge in [-0.15, -0.1) is 0 Å². The van der Waals surface area contributed by atoms with Gasteiger partial charge >= 0.3 is 0 Å². The SMILES string of the molecule is COc1ccc([C@H]2CC(c3ccc(OC)cc3OC)=NN2C(=O)CN(C)Cc2ccccc2)cc1. The van der Waals surface area contributed by atoms with Crippen molar-refractivity contribution in [2.24, 2.45) is 5.10 Å². The van der Waals surface area contributed by atoms with Crippen molar-refractivity contribution in [1.82, 2.24) is 9.91 Å². The summed E-state index contributed by atoms with van der Waals surface area (Å²) < 4.78 is 16.3. The fourth-order valence-electron chi connectivity index (χ4n) is 4.28. The normalized spacial score (nSPS) is 15.2. The molecule has 0 aliphatic carbocycles. The Morgan fingerprint density at radius 2 is 1.63 bits per heavy atom. The number of methoxy groups -OCH3 is 3. The molecule has 0 fully saturated rings. The molecule has 3 aromatic carbocycles. The van der Waals surface area contributed by atoms with Crippen LogP contribution in [0.15, 0.2) is 77.9 Å². The molecule has 0 radical (unpaired) electrons. The van der Waals surface area contributed by atoms with E-state index in [2.05, 4.69) is 12.1 Å². The van der Waals surface area contributed by atoms with Gasteiger partial charge in [0, 0.05) is 24.6 Å². The molecule has 0 spiro atoms. The monoisotopic (exact) mass is 473 g/mol. The van der Waals surface area contributed by atoms with Gasteiger partial charge in [-0.2, -0.15) is 5.10 Å². The average molecular weight is 474 g/mol. The molecule has 0 N–H and O–H groups in total. The van der Waals surface area contributed by atoms with Gasteiger partial charge in [-0.3, -0.25) is 9.69 Å². The van der Waals surface area contributed by atoms with Gasteiger partial charge in [0.1, 0.15) is 17.2 Å². The van der Waals surface area contributed by atoms with Crippen molar-refractivity contribution in [3.05, 3.63) is 89.5 Å². The van der Waals surface area contributed by atoms with Gasteiger partial charge in [0.05, 0.1) is 39.6 Å². The van der Waals surface area contributed by atoms with Crippen LogP contribution in [0.2, 0.25) is 0 Å². The van der Waals surface area contributed by atoms with E-state index < -0.39 is 0 Å². The van der Waals surface area contributed by atoms with Gasteiger partial charge in [0.2, 0.25) is 0 Å². The number of ether oxygens (including phenoxy) is 3. The Hall–Kier alpha value is -3.84. The van der Waals surface area contributed by atoms with E-state index in [-0.39, 0.29) is 18.5 Å². The Bertz CT molecular complexity index is 1180. The topological polar surface area (TPSA) is 63.6 Å². The molecule has 1 heterocycles. The van der Waals surface area contributed by atoms with Crippen LogP contribution in [-0.2, 0) is 11.3 Å². The van der Waals surface area contributed by atoms with Crippen molar-refractivity contribution < 1.29 is 19.0 Å². The second-order valence-corrected chi connectivity index (χ2v) is 8.50. The van der Waals surface area contributed by atoms with Crippen molar-refractivity contribution in [3.63, 3.8) is 0 Å². The zero-order chi connectivity index (χ0) is 24.8. The first-order valence-electron chi connectivity index (χ1n) is 11.5. The summed E-state index contributed by atoms with van der Waals surface area (Å²) in [5, 5.41) is 6.42. The number of nitrogens with zero attached hydrogens (tertiary/aromatic N) is 3. The molecule has 35 heavy (non-hydrogen) atoms. The minimum absolute atomic E-state index is 0.0632. The third kappa shape index (κ3) is 5.63. The molecule has 1 amide bonds. The zero-order valence-corrected chi connectivity index (χ0v) is 20.6. The number of benzene rings is 3. The van der Waals surface area contributed by atoms with E-state index in [1.54, 1.807) is 26.3 Å². The maximum absolute atomic E-state index is 13.5. The lowest BCUT2D eigenvalue weighted by Gasteiger charge is -2.25. The molecule has 7 nitrogen and oxygen atoms in total. The number of amides is 1. The van der Waals surface area contributed by atoms with Crippen LogP contribution < -0.4 is 14.2 Å². The molecule has 0 unspecified atom stereocenters. The predicted octanol–water partition coefficient (Wildman–Crippen LogP) is 4.52. The fraction of sp³-hybridized carbons (Fsp3) is 0.286. The Morgan fingerprint density at radius 1 is 0.943 bits per heavy atom. The number of hydrazone groups is 1. The van der Waals surface area contributed by atoms with Crippen LogP contribution in [0.3, 0.4) is 0 Å². The summed E-state index contributed by atoms with van der Waals surface area (Å²) in [5.41, 5.74) is 3.79. The summed E-state index contributed by atoms with van der Waals surface area (Å²) >= 11 is 0. The van der Waals surface area contributed by atoms with Crippen molar-refractivity contribution in [2.45, 2.75) is 19.0 Å². The van der Waals surface area contributed by atoms with Crippen LogP contribution in [0, 0.1) is 0 Å². The van der Waals surface area contributed by atoms with E-state index >= 15 is 0 Å². The van der Waals surface area contributed by atoms with Gasteiger partial charge in [0.25, 0.3) is 5.91 Å². The number of rotatable bonds is 9. The van der Waals surface area contributed by atoms with E-state index in [9.17, 15) is 4.79 Å². The van der Waals surface area contributed by atoms with Gasteiger partial charge in [-0.25, -0.2) is 5.01 Å². The first-order valence-corrected chi connectivity index (χ1v) is 11.5. The molecule has 4 rings (SSSR count). The lowest BCUT2D eigenvalue weighted by Crippen LogP contribution is -2.36. The summed E-state index contributed by atoms with van der Waals surface area (Å²) in [7, 11) is 6.82. The van der Waals surface area contributed by atoms with Crippen molar-refractivity contribution in [3.8, 4) is 17.2 Å². The molecule has 1 atom stereocenters. The second kappa shape index (κ2) is 11.1. The summed E-state index contributed by atoms with van der Waals surface area (Å²) in [5.74, 6) is 2.07. The van der Waals surface area contributed by atoms with Crippen LogP contribution in [0.25, 0.3) is 0 Å². The number of hydrogen-bond donors (Lipinski definition) is 0. The van der Waals surface area contributed by atoms with E-state index in [0.29, 0.717) is 24.5 Å².